The first-order valence-electron chi connectivity index (χ1n) is 2.21. The van der Waals surface area contributed by atoms with E-state index < -0.39 is 0 Å². The van der Waals surface area contributed by atoms with Crippen LogP contribution in [0.15, 0.2) is 0 Å². The average Bonchev–Trinajstić information content (AvgIpc) is 1.69. The van der Waals surface area contributed by atoms with Crippen LogP contribution in [0.25, 0.3) is 0 Å². The van der Waals surface area contributed by atoms with Gasteiger partial charge in [-0.3, -0.25) is 0 Å². The molecule has 0 bridgehead atoms. The van der Waals surface area contributed by atoms with Gasteiger partial charge in [-0.25, -0.2) is 0 Å². The molecule has 0 aliphatic carbocycles. The Hall–Kier alpha value is 0.439. The second-order valence-electron chi connectivity index (χ2n) is 1.34. The number of ether oxygens (including phenoxy) is 2. The monoisotopic (exact) mass is 143 g/mol. The summed E-state index contributed by atoms with van der Waals surface area (Å²) in [6.45, 7) is 2.08. The predicted octanol–water partition coefficient (Wildman–Crippen LogP) is -0.0939. The Balaban J connectivity index is 2.12. The molecule has 1 rings (SSSR count). The van der Waals surface area contributed by atoms with E-state index in [0.717, 1.165) is 6.61 Å². The SMILES string of the molecule is [Fe][CH]1COCCO1. The zero-order chi connectivity index (χ0) is 5.11. The van der Waals surface area contributed by atoms with Crippen molar-refractivity contribution in [2.24, 2.45) is 0 Å². The van der Waals surface area contributed by atoms with E-state index in [1.54, 1.807) is 0 Å². The van der Waals surface area contributed by atoms with Crippen LogP contribution < -0.4 is 0 Å². The molecule has 0 aromatic heterocycles. The Morgan fingerprint density at radius 1 is 1.43 bits per heavy atom. The fourth-order valence-electron chi connectivity index (χ4n) is 0.453. The summed E-state index contributed by atoms with van der Waals surface area (Å²) < 4.78 is 10.0. The van der Waals surface area contributed by atoms with Gasteiger partial charge < -0.3 is 0 Å². The van der Waals surface area contributed by atoms with Crippen molar-refractivity contribution in [3.63, 3.8) is 0 Å². The van der Waals surface area contributed by atoms with Crippen LogP contribution in [0.3, 0.4) is 0 Å². The summed E-state index contributed by atoms with van der Waals surface area (Å²) in [6, 6.07) is 0. The summed E-state index contributed by atoms with van der Waals surface area (Å²) in [5.41, 5.74) is 0. The first-order valence-corrected chi connectivity index (χ1v) is 2.85. The van der Waals surface area contributed by atoms with Gasteiger partial charge in [0.15, 0.2) is 0 Å². The molecule has 3 heteroatoms. The van der Waals surface area contributed by atoms with Gasteiger partial charge in [0.2, 0.25) is 0 Å². The molecule has 1 fully saturated rings. The molecule has 2 nitrogen and oxygen atoms in total. The summed E-state index contributed by atoms with van der Waals surface area (Å²) in [5, 5.41) is 0.0637. The quantitative estimate of drug-likeness (QED) is 0.441. The van der Waals surface area contributed by atoms with E-state index >= 15 is 0 Å². The van der Waals surface area contributed by atoms with Crippen molar-refractivity contribution in [3.05, 3.63) is 0 Å². The molecule has 43 valence electrons. The molecule has 0 aromatic carbocycles. The normalized spacial score (nSPS) is 33.0. The van der Waals surface area contributed by atoms with Crippen LogP contribution in [-0.2, 0) is 25.5 Å². The van der Waals surface area contributed by atoms with Gasteiger partial charge in [-0.1, -0.05) is 0 Å². The van der Waals surface area contributed by atoms with Crippen molar-refractivity contribution in [2.45, 2.75) is 5.00 Å². The molecule has 1 heterocycles. The molecule has 7 heavy (non-hydrogen) atoms. The summed E-state index contributed by atoms with van der Waals surface area (Å²) in [4.78, 5) is 0. The van der Waals surface area contributed by atoms with Gasteiger partial charge in [-0.2, -0.15) is 0 Å². The van der Waals surface area contributed by atoms with Gasteiger partial charge in [0.1, 0.15) is 0 Å². The van der Waals surface area contributed by atoms with Gasteiger partial charge >= 0.3 is 50.3 Å². The molecule has 1 saturated heterocycles. The Bertz CT molecular complexity index is 51.7. The molecule has 0 aromatic rings. The molecule has 0 amide bonds. The van der Waals surface area contributed by atoms with Gasteiger partial charge in [0, 0.05) is 0 Å². The summed E-state index contributed by atoms with van der Waals surface area (Å²) >= 11 is 3.65. The van der Waals surface area contributed by atoms with Crippen LogP contribution in [0.5, 0.6) is 0 Å². The van der Waals surface area contributed by atoms with Crippen molar-refractivity contribution in [3.8, 4) is 0 Å². The molecule has 0 saturated carbocycles. The first kappa shape index (κ1) is 5.57. The molecule has 0 N–H and O–H groups in total. The molecular formula is C4H7FeO2. The molecule has 1 aliphatic rings. The second-order valence-corrected chi connectivity index (χ2v) is 2.05. The second kappa shape index (κ2) is 2.68. The van der Waals surface area contributed by atoms with E-state index in [2.05, 4.69) is 16.0 Å². The topological polar surface area (TPSA) is 18.5 Å². The zero-order valence-electron chi connectivity index (χ0n) is 3.87. The maximum absolute atomic E-state index is 5.04. The maximum atomic E-state index is 5.04. The van der Waals surface area contributed by atoms with Crippen LogP contribution in [0.4, 0.5) is 0 Å². The van der Waals surface area contributed by atoms with Gasteiger partial charge in [-0.05, 0) is 0 Å². The van der Waals surface area contributed by atoms with Crippen LogP contribution in [0.2, 0.25) is 0 Å². The minimum absolute atomic E-state index is 0.0637. The van der Waals surface area contributed by atoms with E-state index in [0.29, 0.717) is 13.2 Å². The molecular weight excluding hydrogens is 136 g/mol. The number of rotatable bonds is 0. The fraction of sp³-hybridized carbons (Fsp3) is 1.00. The van der Waals surface area contributed by atoms with Crippen molar-refractivity contribution >= 4 is 0 Å². The summed E-state index contributed by atoms with van der Waals surface area (Å²) in [7, 11) is 0. The van der Waals surface area contributed by atoms with E-state index in [1.807, 2.05) is 0 Å². The summed E-state index contributed by atoms with van der Waals surface area (Å²) in [5.74, 6) is 0. The van der Waals surface area contributed by atoms with E-state index in [9.17, 15) is 0 Å². The third-order valence-corrected chi connectivity index (χ3v) is 1.14. The Labute approximate surface area is 51.0 Å². The van der Waals surface area contributed by atoms with Crippen LogP contribution >= 0.6 is 0 Å². The van der Waals surface area contributed by atoms with E-state index in [-0.39, 0.29) is 5.00 Å². The minimum atomic E-state index is 0.0637. The molecule has 1 atom stereocenters. The van der Waals surface area contributed by atoms with Gasteiger partial charge in [0.25, 0.3) is 0 Å². The molecule has 0 radical (unpaired) electrons. The Morgan fingerprint density at radius 3 is 2.57 bits per heavy atom. The number of hydrogen-bond acceptors (Lipinski definition) is 2. The van der Waals surface area contributed by atoms with Gasteiger partial charge in [0.05, 0.1) is 0 Å². The van der Waals surface area contributed by atoms with Crippen molar-refractivity contribution in [1.82, 2.24) is 0 Å². The third-order valence-electron chi connectivity index (χ3n) is 0.767. The predicted molar refractivity (Wildman–Crippen MR) is 20.6 cm³/mol. The fourth-order valence-corrected chi connectivity index (χ4v) is 0.714. The average molecular weight is 143 g/mol. The van der Waals surface area contributed by atoms with Crippen molar-refractivity contribution in [2.75, 3.05) is 19.8 Å². The third kappa shape index (κ3) is 1.78. The number of hydrogen-bond donors (Lipinski definition) is 0. The van der Waals surface area contributed by atoms with Crippen LogP contribution in [0, 0.1) is 0 Å². The Kier molecular flexibility index (Phi) is 2.13. The van der Waals surface area contributed by atoms with E-state index in [4.69, 9.17) is 9.47 Å². The first-order chi connectivity index (χ1) is 3.39. The van der Waals surface area contributed by atoms with Crippen LogP contribution in [0.1, 0.15) is 0 Å². The molecule has 1 unspecified atom stereocenters. The Morgan fingerprint density at radius 2 is 2.29 bits per heavy atom. The molecule has 0 spiro atoms. The summed E-state index contributed by atoms with van der Waals surface area (Å²) in [6.07, 6.45) is 0. The van der Waals surface area contributed by atoms with Crippen LogP contribution in [-0.4, -0.2) is 24.8 Å². The van der Waals surface area contributed by atoms with Crippen molar-refractivity contribution in [1.29, 1.82) is 0 Å². The van der Waals surface area contributed by atoms with Crippen molar-refractivity contribution < 1.29 is 25.5 Å². The zero-order valence-corrected chi connectivity index (χ0v) is 4.97. The van der Waals surface area contributed by atoms with E-state index in [1.165, 1.54) is 0 Å². The molecule has 1 aliphatic heterocycles. The van der Waals surface area contributed by atoms with Gasteiger partial charge in [-0.15, -0.1) is 0 Å². The standard InChI is InChI=1S/C4H7O2.Fe/c1-2-6-4-3-5-1;/h1H,2-4H2;.